The molecule has 0 unspecified atom stereocenters. The number of aromatic nitrogens is 2. The molecular weight excluding hydrogens is 505 g/mol. The first-order valence-electron chi connectivity index (χ1n) is 9.19. The van der Waals surface area contributed by atoms with Crippen LogP contribution < -0.4 is 11.2 Å². The van der Waals surface area contributed by atoms with E-state index < -0.39 is 34.2 Å². The van der Waals surface area contributed by atoms with Crippen LogP contribution in [0, 0.1) is 15.3 Å². The second kappa shape index (κ2) is 7.22. The van der Waals surface area contributed by atoms with Gasteiger partial charge in [-0.3, -0.25) is 14.3 Å². The van der Waals surface area contributed by atoms with Gasteiger partial charge in [-0.05, 0) is 65.6 Å². The standard InChI is InChI=1S/C19H18F4IN3O2/c20-14-6-11(19(21,22)23)2-3-13(14)18-7-12(18)8-26(10-18)4-1-5-27-9-15(24)16(28)25-17(27)29/h2-3,6,9,12H,1,4-5,7-8,10H2,(H,25,28,29)/t12-,18-/m0/s1. The number of hydrogen-bond acceptors (Lipinski definition) is 3. The number of nitrogens with one attached hydrogen (secondary N) is 1. The zero-order valence-electron chi connectivity index (χ0n) is 15.2. The number of likely N-dealkylation sites (tertiary alicyclic amines) is 1. The lowest BCUT2D eigenvalue weighted by atomic mass is 9.93. The highest BCUT2D eigenvalue weighted by molar-refractivity contribution is 14.1. The van der Waals surface area contributed by atoms with Crippen molar-refractivity contribution >= 4 is 22.6 Å². The van der Waals surface area contributed by atoms with Crippen molar-refractivity contribution in [2.45, 2.75) is 31.0 Å². The minimum absolute atomic E-state index is 0.241. The number of hydrogen-bond donors (Lipinski definition) is 1. The van der Waals surface area contributed by atoms with Gasteiger partial charge in [-0.25, -0.2) is 9.18 Å². The Morgan fingerprint density at radius 3 is 2.69 bits per heavy atom. The van der Waals surface area contributed by atoms with Gasteiger partial charge < -0.3 is 4.90 Å². The predicted octanol–water partition coefficient (Wildman–Crippen LogP) is 2.96. The molecule has 156 valence electrons. The van der Waals surface area contributed by atoms with Crippen LogP contribution in [0.25, 0.3) is 0 Å². The third kappa shape index (κ3) is 3.88. The molecule has 4 rings (SSSR count). The van der Waals surface area contributed by atoms with Crippen LogP contribution in [-0.2, 0) is 18.1 Å². The van der Waals surface area contributed by atoms with Crippen molar-refractivity contribution in [2.24, 2.45) is 5.92 Å². The maximum Gasteiger partial charge on any atom is 0.416 e. The van der Waals surface area contributed by atoms with Crippen molar-refractivity contribution in [2.75, 3.05) is 19.6 Å². The molecule has 2 fully saturated rings. The fourth-order valence-electron chi connectivity index (χ4n) is 4.38. The molecule has 1 aromatic carbocycles. The normalized spacial score (nSPS) is 24.0. The van der Waals surface area contributed by atoms with Gasteiger partial charge >= 0.3 is 11.9 Å². The van der Waals surface area contributed by atoms with Gasteiger partial charge in [0.25, 0.3) is 5.56 Å². The van der Waals surface area contributed by atoms with E-state index in [1.807, 2.05) is 22.6 Å². The molecule has 1 aliphatic carbocycles. The zero-order valence-corrected chi connectivity index (χ0v) is 17.4. The average Bonchev–Trinajstić information content (AvgIpc) is 3.20. The van der Waals surface area contributed by atoms with E-state index in [-0.39, 0.29) is 5.92 Å². The van der Waals surface area contributed by atoms with Gasteiger partial charge in [0.1, 0.15) is 5.82 Å². The molecule has 0 bridgehead atoms. The lowest BCUT2D eigenvalue weighted by Crippen LogP contribution is -2.33. The molecular formula is C19H18F4IN3O2. The van der Waals surface area contributed by atoms with E-state index in [1.54, 1.807) is 0 Å². The van der Waals surface area contributed by atoms with Gasteiger partial charge in [-0.2, -0.15) is 13.2 Å². The predicted molar refractivity (Wildman–Crippen MR) is 106 cm³/mol. The molecule has 2 aromatic rings. The lowest BCUT2D eigenvalue weighted by molar-refractivity contribution is -0.137. The SMILES string of the molecule is O=c1[nH]c(=O)n(CCCN2C[C@@H]3C[C@]3(c3ccc(C(F)(F)F)cc3F)C2)cc1I. The highest BCUT2D eigenvalue weighted by atomic mass is 127. The smallest absolute Gasteiger partial charge is 0.302 e. The van der Waals surface area contributed by atoms with E-state index >= 15 is 0 Å². The fraction of sp³-hybridized carbons (Fsp3) is 0.474. The molecule has 0 radical (unpaired) electrons. The van der Waals surface area contributed by atoms with Gasteiger partial charge in [-0.1, -0.05) is 6.07 Å². The summed E-state index contributed by atoms with van der Waals surface area (Å²) in [4.78, 5) is 27.6. The quantitative estimate of drug-likeness (QED) is 0.485. The van der Waals surface area contributed by atoms with Gasteiger partial charge in [0.05, 0.1) is 9.13 Å². The molecule has 1 saturated heterocycles. The number of fused-ring (bicyclic) bond motifs is 1. The third-order valence-electron chi connectivity index (χ3n) is 5.89. The Labute approximate surface area is 176 Å². The second-order valence-electron chi connectivity index (χ2n) is 7.77. The molecule has 2 heterocycles. The molecule has 0 amide bonds. The Morgan fingerprint density at radius 2 is 2.00 bits per heavy atom. The van der Waals surface area contributed by atoms with Crippen LogP contribution in [0.3, 0.4) is 0 Å². The summed E-state index contributed by atoms with van der Waals surface area (Å²) < 4.78 is 54.7. The third-order valence-corrected chi connectivity index (χ3v) is 6.66. The molecule has 0 spiro atoms. The van der Waals surface area contributed by atoms with Crippen LogP contribution in [0.1, 0.15) is 24.0 Å². The molecule has 2 aliphatic rings. The Kier molecular flexibility index (Phi) is 5.12. The molecule has 1 aliphatic heterocycles. The summed E-state index contributed by atoms with van der Waals surface area (Å²) in [5.41, 5.74) is -1.87. The first kappa shape index (κ1) is 20.6. The Balaban J connectivity index is 1.39. The molecule has 1 saturated carbocycles. The van der Waals surface area contributed by atoms with E-state index in [4.69, 9.17) is 0 Å². The van der Waals surface area contributed by atoms with Gasteiger partial charge in [-0.15, -0.1) is 0 Å². The average molecular weight is 523 g/mol. The van der Waals surface area contributed by atoms with Gasteiger partial charge in [0.15, 0.2) is 0 Å². The largest absolute Gasteiger partial charge is 0.416 e. The van der Waals surface area contributed by atoms with Gasteiger partial charge in [0, 0.05) is 31.2 Å². The summed E-state index contributed by atoms with van der Waals surface area (Å²) in [7, 11) is 0. The molecule has 1 aromatic heterocycles. The number of aromatic amines is 1. The number of alkyl halides is 3. The number of nitrogens with zero attached hydrogens (tertiary/aromatic N) is 2. The summed E-state index contributed by atoms with van der Waals surface area (Å²) in [5, 5.41) is 0. The van der Waals surface area contributed by atoms with Crippen molar-refractivity contribution in [3.8, 4) is 0 Å². The van der Waals surface area contributed by atoms with E-state index in [0.717, 1.165) is 19.0 Å². The van der Waals surface area contributed by atoms with Crippen molar-refractivity contribution in [1.29, 1.82) is 0 Å². The molecule has 10 heteroatoms. The van der Waals surface area contributed by atoms with Crippen molar-refractivity contribution < 1.29 is 17.6 Å². The summed E-state index contributed by atoms with van der Waals surface area (Å²) in [6, 6.07) is 2.82. The van der Waals surface area contributed by atoms with E-state index in [9.17, 15) is 27.2 Å². The van der Waals surface area contributed by atoms with Gasteiger partial charge in [0.2, 0.25) is 0 Å². The van der Waals surface area contributed by atoms with Crippen LogP contribution in [0.4, 0.5) is 17.6 Å². The summed E-state index contributed by atoms with van der Waals surface area (Å²) in [5.74, 6) is -0.552. The Hall–Kier alpha value is -1.69. The Morgan fingerprint density at radius 1 is 1.24 bits per heavy atom. The van der Waals surface area contributed by atoms with Crippen LogP contribution >= 0.6 is 22.6 Å². The van der Waals surface area contributed by atoms with Crippen molar-refractivity contribution in [3.63, 3.8) is 0 Å². The second-order valence-corrected chi connectivity index (χ2v) is 8.93. The number of piperidine rings is 1. The number of aryl methyl sites for hydroxylation is 1. The van der Waals surface area contributed by atoms with E-state index in [2.05, 4.69) is 9.88 Å². The Bertz CT molecular complexity index is 1060. The summed E-state index contributed by atoms with van der Waals surface area (Å²) >= 11 is 1.86. The number of H-pyrrole nitrogens is 1. The molecule has 1 N–H and O–H groups in total. The monoisotopic (exact) mass is 523 g/mol. The number of rotatable bonds is 5. The number of benzene rings is 1. The summed E-state index contributed by atoms with van der Waals surface area (Å²) in [6.07, 6.45) is -1.59. The maximum atomic E-state index is 14.4. The van der Waals surface area contributed by atoms with Crippen LogP contribution in [0.2, 0.25) is 0 Å². The van der Waals surface area contributed by atoms with E-state index in [1.165, 1.54) is 16.8 Å². The first-order chi connectivity index (χ1) is 13.6. The molecule has 29 heavy (non-hydrogen) atoms. The maximum absolute atomic E-state index is 14.4. The highest BCUT2D eigenvalue weighted by Gasteiger charge is 2.61. The zero-order chi connectivity index (χ0) is 21.0. The minimum atomic E-state index is -4.56. The fourth-order valence-corrected chi connectivity index (χ4v) is 4.85. The van der Waals surface area contributed by atoms with Crippen molar-refractivity contribution in [1.82, 2.24) is 14.5 Å². The number of halogens is 5. The molecule has 2 atom stereocenters. The van der Waals surface area contributed by atoms with Crippen LogP contribution in [0.5, 0.6) is 0 Å². The first-order valence-corrected chi connectivity index (χ1v) is 10.3. The van der Waals surface area contributed by atoms with Crippen LogP contribution in [0.15, 0.2) is 34.0 Å². The lowest BCUT2D eigenvalue weighted by Gasteiger charge is -2.22. The molecule has 5 nitrogen and oxygen atoms in total. The minimum Gasteiger partial charge on any atom is -0.302 e. The highest BCUT2D eigenvalue weighted by Crippen LogP contribution is 2.59. The topological polar surface area (TPSA) is 58.1 Å². The van der Waals surface area contributed by atoms with E-state index in [0.29, 0.717) is 41.3 Å². The summed E-state index contributed by atoms with van der Waals surface area (Å²) in [6.45, 7) is 2.48. The van der Waals surface area contributed by atoms with Crippen molar-refractivity contribution in [3.05, 3.63) is 65.7 Å². The van der Waals surface area contributed by atoms with Crippen LogP contribution in [-0.4, -0.2) is 34.1 Å².